The topological polar surface area (TPSA) is 12.5 Å². The van der Waals surface area contributed by atoms with Crippen LogP contribution in [-0.4, -0.2) is 0 Å². The molecule has 1 aliphatic heterocycles. The van der Waals surface area contributed by atoms with Crippen molar-refractivity contribution in [2.75, 3.05) is 4.90 Å². The molecule has 0 spiro atoms. The monoisotopic (exact) mass is 765 g/mol. The Hall–Kier alpha value is -7.94. The first kappa shape index (κ1) is 35.2. The van der Waals surface area contributed by atoms with Gasteiger partial charge in [0.25, 0.3) is 0 Å². The molecular weight excluding hydrogens is 727 g/mol. The minimum Gasteiger partial charge on any atom is -0.456 e. The standard InChI is InChI=1S/C58H39NO/c1-4-13-40(14-5-1)43-23-25-44(26-24-43)46-29-34-51(35-30-46)59(50-32-27-45(28-33-50)41-15-6-2-7-16-41)55-21-12-22-57-58(55)54-39-48-20-11-10-19-47(48)37-52(54)53-38-49(31-36-56(53)60-57)42-17-8-3-9-18-42/h1-39H. The van der Waals surface area contributed by atoms with Gasteiger partial charge in [0.15, 0.2) is 0 Å². The molecule has 10 aromatic carbocycles. The maximum absolute atomic E-state index is 7.03. The molecule has 2 nitrogen and oxygen atoms in total. The summed E-state index contributed by atoms with van der Waals surface area (Å²) < 4.78 is 7.03. The van der Waals surface area contributed by atoms with E-state index in [0.29, 0.717) is 0 Å². The van der Waals surface area contributed by atoms with Crippen molar-refractivity contribution < 1.29 is 4.74 Å². The summed E-state index contributed by atoms with van der Waals surface area (Å²) in [4.78, 5) is 2.38. The van der Waals surface area contributed by atoms with E-state index in [1.54, 1.807) is 0 Å². The van der Waals surface area contributed by atoms with Crippen LogP contribution in [0.4, 0.5) is 17.1 Å². The number of rotatable bonds is 7. The summed E-state index contributed by atoms with van der Waals surface area (Å²) in [7, 11) is 0. The highest BCUT2D eigenvalue weighted by Crippen LogP contribution is 2.54. The van der Waals surface area contributed by atoms with Crippen LogP contribution in [0.15, 0.2) is 237 Å². The first-order valence-electron chi connectivity index (χ1n) is 20.5. The predicted octanol–water partition coefficient (Wildman–Crippen LogP) is 16.4. The van der Waals surface area contributed by atoms with Crippen molar-refractivity contribution in [3.05, 3.63) is 237 Å². The highest BCUT2D eigenvalue weighted by molar-refractivity contribution is 6.04. The summed E-state index contributed by atoms with van der Waals surface area (Å²) in [5.74, 6) is 1.65. The third-order valence-corrected chi connectivity index (χ3v) is 11.7. The minimum absolute atomic E-state index is 0.816. The highest BCUT2D eigenvalue weighted by Gasteiger charge is 2.27. The van der Waals surface area contributed by atoms with Crippen LogP contribution in [0.2, 0.25) is 0 Å². The molecule has 60 heavy (non-hydrogen) atoms. The number of nitrogens with zero attached hydrogens (tertiary/aromatic N) is 1. The molecule has 0 saturated carbocycles. The average Bonchev–Trinajstić information content (AvgIpc) is 3.46. The Morgan fingerprint density at radius 2 is 0.683 bits per heavy atom. The summed E-state index contributed by atoms with van der Waals surface area (Å²) in [6.45, 7) is 0. The van der Waals surface area contributed by atoms with Crippen molar-refractivity contribution >= 4 is 27.8 Å². The normalized spacial score (nSPS) is 11.5. The van der Waals surface area contributed by atoms with Gasteiger partial charge in [0.2, 0.25) is 0 Å². The van der Waals surface area contributed by atoms with Gasteiger partial charge in [0, 0.05) is 22.5 Å². The van der Waals surface area contributed by atoms with Crippen molar-refractivity contribution in [3.8, 4) is 78.3 Å². The molecule has 0 N–H and O–H groups in total. The van der Waals surface area contributed by atoms with Gasteiger partial charge in [-0.2, -0.15) is 0 Å². The van der Waals surface area contributed by atoms with Crippen molar-refractivity contribution in [2.45, 2.75) is 0 Å². The summed E-state index contributed by atoms with van der Waals surface area (Å²) in [5.41, 5.74) is 17.0. The molecule has 2 heteroatoms. The van der Waals surface area contributed by atoms with Gasteiger partial charge in [-0.3, -0.25) is 0 Å². The molecule has 0 fully saturated rings. The van der Waals surface area contributed by atoms with E-state index in [-0.39, 0.29) is 0 Å². The van der Waals surface area contributed by atoms with E-state index < -0.39 is 0 Å². The van der Waals surface area contributed by atoms with Gasteiger partial charge in [-0.25, -0.2) is 0 Å². The maximum Gasteiger partial charge on any atom is 0.137 e. The maximum atomic E-state index is 7.03. The fraction of sp³-hybridized carbons (Fsp3) is 0. The second-order valence-corrected chi connectivity index (χ2v) is 15.3. The van der Waals surface area contributed by atoms with Crippen molar-refractivity contribution in [3.63, 3.8) is 0 Å². The van der Waals surface area contributed by atoms with E-state index in [1.807, 2.05) is 0 Å². The highest BCUT2D eigenvalue weighted by atomic mass is 16.5. The SMILES string of the molecule is c1ccc(-c2ccc(-c3ccc(N(c4ccc(-c5ccccc5)cc4)c4cccc5c4-c4cc6ccccc6cc4-c4cc(-c6ccccc6)ccc4O5)cc3)cc2)cc1. The summed E-state index contributed by atoms with van der Waals surface area (Å²) in [6, 6.07) is 84.8. The quantitative estimate of drug-likeness (QED) is 0.160. The smallest absolute Gasteiger partial charge is 0.137 e. The molecule has 0 saturated heterocycles. The van der Waals surface area contributed by atoms with E-state index in [4.69, 9.17) is 4.74 Å². The predicted molar refractivity (Wildman–Crippen MR) is 251 cm³/mol. The molecule has 11 rings (SSSR count). The Morgan fingerprint density at radius 3 is 1.20 bits per heavy atom. The van der Waals surface area contributed by atoms with Crippen LogP contribution in [-0.2, 0) is 0 Å². The molecule has 1 heterocycles. The average molecular weight is 766 g/mol. The minimum atomic E-state index is 0.816. The zero-order valence-electron chi connectivity index (χ0n) is 32.9. The second kappa shape index (κ2) is 15.1. The lowest BCUT2D eigenvalue weighted by Crippen LogP contribution is -2.11. The molecule has 0 aromatic heterocycles. The fourth-order valence-electron chi connectivity index (χ4n) is 8.64. The van der Waals surface area contributed by atoms with Crippen LogP contribution in [0.1, 0.15) is 0 Å². The molecule has 0 atom stereocenters. The van der Waals surface area contributed by atoms with E-state index in [1.165, 1.54) is 44.2 Å². The van der Waals surface area contributed by atoms with Gasteiger partial charge in [0.1, 0.15) is 11.5 Å². The lowest BCUT2D eigenvalue weighted by Gasteiger charge is -2.29. The Kier molecular flexibility index (Phi) is 8.87. The second-order valence-electron chi connectivity index (χ2n) is 15.3. The Balaban J connectivity index is 1.08. The van der Waals surface area contributed by atoms with Crippen LogP contribution in [0.25, 0.3) is 77.5 Å². The third kappa shape index (κ3) is 6.51. The number of anilines is 3. The Morgan fingerprint density at radius 1 is 0.267 bits per heavy atom. The molecule has 0 bridgehead atoms. The lowest BCUT2D eigenvalue weighted by atomic mass is 9.89. The van der Waals surface area contributed by atoms with Gasteiger partial charge in [-0.05, 0) is 127 Å². The Labute approximate surface area is 350 Å². The van der Waals surface area contributed by atoms with E-state index >= 15 is 0 Å². The largest absolute Gasteiger partial charge is 0.456 e. The van der Waals surface area contributed by atoms with Gasteiger partial charge in [-0.15, -0.1) is 0 Å². The molecule has 1 aliphatic rings. The van der Waals surface area contributed by atoms with Crippen molar-refractivity contribution in [1.82, 2.24) is 0 Å². The molecule has 0 amide bonds. The van der Waals surface area contributed by atoms with Crippen molar-refractivity contribution in [1.29, 1.82) is 0 Å². The van der Waals surface area contributed by atoms with Crippen LogP contribution in [0, 0.1) is 0 Å². The Bertz CT molecular complexity index is 3120. The molecule has 0 radical (unpaired) electrons. The zero-order chi connectivity index (χ0) is 39.8. The lowest BCUT2D eigenvalue weighted by molar-refractivity contribution is 0.488. The van der Waals surface area contributed by atoms with Gasteiger partial charge in [-0.1, -0.05) is 176 Å². The van der Waals surface area contributed by atoms with Gasteiger partial charge in [0.05, 0.1) is 5.69 Å². The zero-order valence-corrected chi connectivity index (χ0v) is 32.9. The number of benzene rings is 10. The summed E-state index contributed by atoms with van der Waals surface area (Å²) >= 11 is 0. The van der Waals surface area contributed by atoms with Crippen LogP contribution in [0.5, 0.6) is 11.5 Å². The number of ether oxygens (including phenoxy) is 1. The van der Waals surface area contributed by atoms with Crippen molar-refractivity contribution in [2.24, 2.45) is 0 Å². The van der Waals surface area contributed by atoms with E-state index in [9.17, 15) is 0 Å². The first-order valence-corrected chi connectivity index (χ1v) is 20.5. The van der Waals surface area contributed by atoms with E-state index in [0.717, 1.165) is 61.9 Å². The molecule has 10 aromatic rings. The third-order valence-electron chi connectivity index (χ3n) is 11.7. The number of hydrogen-bond donors (Lipinski definition) is 0. The van der Waals surface area contributed by atoms with Gasteiger partial charge >= 0.3 is 0 Å². The summed E-state index contributed by atoms with van der Waals surface area (Å²) in [6.07, 6.45) is 0. The van der Waals surface area contributed by atoms with Crippen LogP contribution in [0.3, 0.4) is 0 Å². The summed E-state index contributed by atoms with van der Waals surface area (Å²) in [5, 5.41) is 2.37. The molecule has 0 unspecified atom stereocenters. The van der Waals surface area contributed by atoms with Gasteiger partial charge < -0.3 is 9.64 Å². The van der Waals surface area contributed by atoms with E-state index in [2.05, 4.69) is 241 Å². The molecule has 282 valence electrons. The first-order chi connectivity index (χ1) is 29.7. The van der Waals surface area contributed by atoms with Crippen LogP contribution >= 0.6 is 0 Å². The molecular formula is C58H39NO. The number of hydrogen-bond acceptors (Lipinski definition) is 2. The molecule has 0 aliphatic carbocycles. The van der Waals surface area contributed by atoms with Crippen LogP contribution < -0.4 is 9.64 Å². The fourth-order valence-corrected chi connectivity index (χ4v) is 8.64. The number of fused-ring (bicyclic) bond motifs is 6.